The summed E-state index contributed by atoms with van der Waals surface area (Å²) in [7, 11) is 0. The van der Waals surface area contributed by atoms with Crippen molar-refractivity contribution in [1.82, 2.24) is 0 Å². The minimum absolute atomic E-state index is 0.0269. The number of rotatable bonds is 3. The predicted molar refractivity (Wildman–Crippen MR) is 90.1 cm³/mol. The number of benzene rings is 2. The van der Waals surface area contributed by atoms with E-state index in [1.54, 1.807) is 42.5 Å². The summed E-state index contributed by atoms with van der Waals surface area (Å²) in [6.45, 7) is 3.72. The lowest BCUT2D eigenvalue weighted by molar-refractivity contribution is -0.124. The Labute approximate surface area is 140 Å². The van der Waals surface area contributed by atoms with Crippen molar-refractivity contribution in [3.8, 4) is 5.75 Å². The highest BCUT2D eigenvalue weighted by Crippen LogP contribution is 2.34. The van der Waals surface area contributed by atoms with Crippen molar-refractivity contribution < 1.29 is 19.4 Å². The van der Waals surface area contributed by atoms with Crippen molar-refractivity contribution in [3.05, 3.63) is 59.7 Å². The number of hydrogen-bond donors (Lipinski definition) is 2. The molecule has 3 rings (SSSR count). The van der Waals surface area contributed by atoms with Crippen molar-refractivity contribution in [1.29, 1.82) is 0 Å². The molecule has 5 nitrogen and oxygen atoms in total. The average molecular weight is 325 g/mol. The number of ether oxygens (including phenoxy) is 1. The third-order valence-electron chi connectivity index (χ3n) is 3.88. The van der Waals surface area contributed by atoms with Gasteiger partial charge in [0, 0.05) is 5.69 Å². The standard InChI is InChI=1S/C19H19NO4/c1-19(2)11-15(21)14-10-13(8-9-16(14)24-19)20-18(23)17(22)12-6-4-3-5-7-12/h3-10,17,22H,11H2,1-2H3,(H,20,23). The van der Waals surface area contributed by atoms with Crippen LogP contribution in [0.3, 0.4) is 0 Å². The maximum atomic E-state index is 12.3. The van der Waals surface area contributed by atoms with Crippen LogP contribution in [0.5, 0.6) is 5.75 Å². The number of aliphatic hydroxyl groups is 1. The number of anilines is 1. The zero-order valence-electron chi connectivity index (χ0n) is 13.6. The normalized spacial score (nSPS) is 16.7. The van der Waals surface area contributed by atoms with Crippen molar-refractivity contribution in [2.24, 2.45) is 0 Å². The summed E-state index contributed by atoms with van der Waals surface area (Å²) >= 11 is 0. The molecule has 1 unspecified atom stereocenters. The fourth-order valence-corrected chi connectivity index (χ4v) is 2.73. The molecule has 1 aliphatic heterocycles. The number of Topliss-reactive ketones (excluding diaryl/α,β-unsaturated/α-hetero) is 1. The van der Waals surface area contributed by atoms with Crippen LogP contribution in [0, 0.1) is 0 Å². The van der Waals surface area contributed by atoms with Gasteiger partial charge in [-0.3, -0.25) is 9.59 Å². The van der Waals surface area contributed by atoms with E-state index in [9.17, 15) is 14.7 Å². The SMILES string of the molecule is CC1(C)CC(=O)c2cc(NC(=O)C(O)c3ccccc3)ccc2O1. The minimum Gasteiger partial charge on any atom is -0.487 e. The summed E-state index contributed by atoms with van der Waals surface area (Å²) in [5, 5.41) is 12.7. The van der Waals surface area contributed by atoms with Crippen LogP contribution in [-0.2, 0) is 4.79 Å². The topological polar surface area (TPSA) is 75.6 Å². The molecule has 5 heteroatoms. The molecule has 0 aromatic heterocycles. The van der Waals surface area contributed by atoms with Gasteiger partial charge in [0.05, 0.1) is 12.0 Å². The quantitative estimate of drug-likeness (QED) is 0.909. The fourth-order valence-electron chi connectivity index (χ4n) is 2.73. The number of ketones is 1. The molecular formula is C19H19NO4. The number of amides is 1. The van der Waals surface area contributed by atoms with Crippen molar-refractivity contribution in [3.63, 3.8) is 0 Å². The van der Waals surface area contributed by atoms with Gasteiger partial charge in [0.1, 0.15) is 11.4 Å². The van der Waals surface area contributed by atoms with Crippen LogP contribution < -0.4 is 10.1 Å². The Morgan fingerprint density at radius 1 is 1.21 bits per heavy atom. The summed E-state index contributed by atoms with van der Waals surface area (Å²) in [6.07, 6.45) is -0.988. The molecule has 124 valence electrons. The molecule has 1 amide bonds. The first-order valence-electron chi connectivity index (χ1n) is 7.76. The molecule has 1 atom stereocenters. The van der Waals surface area contributed by atoms with E-state index in [1.165, 1.54) is 0 Å². The van der Waals surface area contributed by atoms with Crippen LogP contribution in [0.25, 0.3) is 0 Å². The van der Waals surface area contributed by atoms with Gasteiger partial charge in [-0.2, -0.15) is 0 Å². The molecule has 2 aromatic rings. The number of nitrogens with one attached hydrogen (secondary N) is 1. The summed E-state index contributed by atoms with van der Waals surface area (Å²) in [5.41, 5.74) is 0.874. The average Bonchev–Trinajstić information content (AvgIpc) is 2.54. The lowest BCUT2D eigenvalue weighted by atomic mass is 9.93. The highest BCUT2D eigenvalue weighted by Gasteiger charge is 2.32. The van der Waals surface area contributed by atoms with E-state index in [0.717, 1.165) is 0 Å². The fraction of sp³-hybridized carbons (Fsp3) is 0.263. The smallest absolute Gasteiger partial charge is 0.257 e. The third kappa shape index (κ3) is 3.31. The van der Waals surface area contributed by atoms with Gasteiger partial charge in [-0.25, -0.2) is 0 Å². The van der Waals surface area contributed by atoms with Crippen LogP contribution in [0.1, 0.15) is 42.3 Å². The molecule has 0 saturated heterocycles. The van der Waals surface area contributed by atoms with E-state index in [2.05, 4.69) is 5.32 Å². The number of hydrogen-bond acceptors (Lipinski definition) is 4. The molecule has 0 fully saturated rings. The van der Waals surface area contributed by atoms with Gasteiger partial charge >= 0.3 is 0 Å². The molecule has 2 N–H and O–H groups in total. The van der Waals surface area contributed by atoms with Gasteiger partial charge < -0.3 is 15.2 Å². The van der Waals surface area contributed by atoms with Crippen LogP contribution in [0.4, 0.5) is 5.69 Å². The minimum atomic E-state index is -1.27. The Morgan fingerprint density at radius 2 is 1.92 bits per heavy atom. The molecule has 0 bridgehead atoms. The summed E-state index contributed by atoms with van der Waals surface area (Å²) in [6, 6.07) is 13.6. The summed E-state index contributed by atoms with van der Waals surface area (Å²) in [5.74, 6) is -0.0653. The second kappa shape index (κ2) is 6.09. The summed E-state index contributed by atoms with van der Waals surface area (Å²) in [4.78, 5) is 24.4. The largest absolute Gasteiger partial charge is 0.487 e. The van der Waals surface area contributed by atoms with E-state index in [4.69, 9.17) is 4.74 Å². The molecule has 2 aromatic carbocycles. The highest BCUT2D eigenvalue weighted by atomic mass is 16.5. The second-order valence-electron chi connectivity index (χ2n) is 6.48. The molecule has 1 aliphatic rings. The van der Waals surface area contributed by atoms with E-state index in [1.807, 2.05) is 19.9 Å². The molecule has 1 heterocycles. The van der Waals surface area contributed by atoms with Crippen molar-refractivity contribution in [2.75, 3.05) is 5.32 Å². The molecule has 0 aliphatic carbocycles. The van der Waals surface area contributed by atoms with Gasteiger partial charge in [0.25, 0.3) is 5.91 Å². The first-order chi connectivity index (χ1) is 11.4. The molecule has 24 heavy (non-hydrogen) atoms. The van der Waals surface area contributed by atoms with Crippen molar-refractivity contribution >= 4 is 17.4 Å². The van der Waals surface area contributed by atoms with Gasteiger partial charge in [0.2, 0.25) is 0 Å². The number of carbonyl (C=O) groups is 2. The van der Waals surface area contributed by atoms with Gasteiger partial charge in [-0.15, -0.1) is 0 Å². The van der Waals surface area contributed by atoms with E-state index in [0.29, 0.717) is 22.6 Å². The maximum absolute atomic E-state index is 12.3. The lowest BCUT2D eigenvalue weighted by Gasteiger charge is -2.31. The van der Waals surface area contributed by atoms with E-state index >= 15 is 0 Å². The Morgan fingerprint density at radius 3 is 2.62 bits per heavy atom. The molecule has 0 radical (unpaired) electrons. The molecule has 0 spiro atoms. The van der Waals surface area contributed by atoms with Crippen LogP contribution in [-0.4, -0.2) is 22.4 Å². The highest BCUT2D eigenvalue weighted by molar-refractivity contribution is 6.02. The van der Waals surface area contributed by atoms with Crippen LogP contribution in [0.15, 0.2) is 48.5 Å². The van der Waals surface area contributed by atoms with Crippen LogP contribution >= 0.6 is 0 Å². The first-order valence-corrected chi connectivity index (χ1v) is 7.76. The maximum Gasteiger partial charge on any atom is 0.257 e. The van der Waals surface area contributed by atoms with E-state index in [-0.39, 0.29) is 12.2 Å². The Bertz CT molecular complexity index is 783. The second-order valence-corrected chi connectivity index (χ2v) is 6.48. The Kier molecular flexibility index (Phi) is 4.11. The molecule has 0 saturated carbocycles. The zero-order valence-corrected chi connectivity index (χ0v) is 13.6. The summed E-state index contributed by atoms with van der Waals surface area (Å²) < 4.78 is 5.78. The van der Waals surface area contributed by atoms with Crippen molar-refractivity contribution in [2.45, 2.75) is 32.0 Å². The Hall–Kier alpha value is -2.66. The lowest BCUT2D eigenvalue weighted by Crippen LogP contribution is -2.35. The van der Waals surface area contributed by atoms with E-state index < -0.39 is 17.6 Å². The number of fused-ring (bicyclic) bond motifs is 1. The Balaban J connectivity index is 1.78. The third-order valence-corrected chi connectivity index (χ3v) is 3.88. The molecular weight excluding hydrogens is 306 g/mol. The van der Waals surface area contributed by atoms with Crippen LogP contribution in [0.2, 0.25) is 0 Å². The number of aliphatic hydroxyl groups excluding tert-OH is 1. The van der Waals surface area contributed by atoms with Gasteiger partial charge in [-0.05, 0) is 37.6 Å². The number of carbonyl (C=O) groups excluding carboxylic acids is 2. The zero-order chi connectivity index (χ0) is 17.3. The van der Waals surface area contributed by atoms with Gasteiger partial charge in [0.15, 0.2) is 11.9 Å². The first kappa shape index (κ1) is 16.2. The monoisotopic (exact) mass is 325 g/mol. The van der Waals surface area contributed by atoms with Gasteiger partial charge in [-0.1, -0.05) is 30.3 Å². The predicted octanol–water partition coefficient (Wildman–Crippen LogP) is 3.10.